The summed E-state index contributed by atoms with van der Waals surface area (Å²) in [5, 5.41) is 3.65. The normalized spacial score (nSPS) is 18.9. The molecular formula is C15H21ClN2O3S. The highest BCUT2D eigenvalue weighted by atomic mass is 35.5. The second kappa shape index (κ2) is 6.98. The molecule has 1 fully saturated rings. The van der Waals surface area contributed by atoms with Gasteiger partial charge in [-0.15, -0.1) is 0 Å². The maximum Gasteiger partial charge on any atom is 0.223 e. The van der Waals surface area contributed by atoms with E-state index in [0.717, 1.165) is 5.56 Å². The van der Waals surface area contributed by atoms with Crippen LogP contribution in [0.4, 0.5) is 0 Å². The van der Waals surface area contributed by atoms with E-state index in [2.05, 4.69) is 5.32 Å². The molecule has 1 atom stereocenters. The Bertz CT molecular complexity index is 623. The van der Waals surface area contributed by atoms with Crippen molar-refractivity contribution in [3.05, 3.63) is 34.9 Å². The topological polar surface area (TPSA) is 66.5 Å². The van der Waals surface area contributed by atoms with Crippen LogP contribution in [0.25, 0.3) is 0 Å². The summed E-state index contributed by atoms with van der Waals surface area (Å²) in [5.41, 5.74) is 0.992. The Morgan fingerprint density at radius 3 is 2.32 bits per heavy atom. The van der Waals surface area contributed by atoms with E-state index in [9.17, 15) is 13.2 Å². The Balaban J connectivity index is 1.89. The van der Waals surface area contributed by atoms with E-state index >= 15 is 0 Å². The lowest BCUT2D eigenvalue weighted by molar-refractivity contribution is -0.126. The quantitative estimate of drug-likeness (QED) is 0.910. The lowest BCUT2D eigenvalue weighted by atomic mass is 9.96. The number of nitrogens with one attached hydrogen (secondary N) is 1. The van der Waals surface area contributed by atoms with Gasteiger partial charge in [0.1, 0.15) is 0 Å². The van der Waals surface area contributed by atoms with Gasteiger partial charge in [-0.05, 0) is 37.5 Å². The smallest absolute Gasteiger partial charge is 0.223 e. The number of piperidine rings is 1. The molecule has 1 N–H and O–H groups in total. The lowest BCUT2D eigenvalue weighted by Gasteiger charge is -2.30. The average molecular weight is 345 g/mol. The van der Waals surface area contributed by atoms with E-state index in [1.54, 1.807) is 12.1 Å². The Hall–Kier alpha value is -1.11. The maximum absolute atomic E-state index is 12.3. The molecule has 1 heterocycles. The van der Waals surface area contributed by atoms with E-state index in [4.69, 9.17) is 11.6 Å². The zero-order chi connectivity index (χ0) is 16.3. The number of halogens is 1. The van der Waals surface area contributed by atoms with Gasteiger partial charge in [0, 0.05) is 24.0 Å². The van der Waals surface area contributed by atoms with Gasteiger partial charge in [-0.1, -0.05) is 23.7 Å². The SMILES string of the molecule is C[C@@H](NC(=O)C1CCN(S(C)(=O)=O)CC1)c1ccc(Cl)cc1. The van der Waals surface area contributed by atoms with Crippen LogP contribution in [0.15, 0.2) is 24.3 Å². The van der Waals surface area contributed by atoms with E-state index in [0.29, 0.717) is 31.0 Å². The fraction of sp³-hybridized carbons (Fsp3) is 0.533. The molecule has 0 aromatic heterocycles. The van der Waals surface area contributed by atoms with Crippen LogP contribution in [0, 0.1) is 5.92 Å². The zero-order valence-electron chi connectivity index (χ0n) is 12.8. The molecule has 1 aromatic rings. The van der Waals surface area contributed by atoms with Gasteiger partial charge < -0.3 is 5.32 Å². The Kier molecular flexibility index (Phi) is 5.47. The highest BCUT2D eigenvalue weighted by Crippen LogP contribution is 2.21. The summed E-state index contributed by atoms with van der Waals surface area (Å²) in [6.07, 6.45) is 2.33. The first-order valence-electron chi connectivity index (χ1n) is 7.28. The second-order valence-corrected chi connectivity index (χ2v) is 8.14. The van der Waals surface area contributed by atoms with Crippen molar-refractivity contribution < 1.29 is 13.2 Å². The highest BCUT2D eigenvalue weighted by Gasteiger charge is 2.29. The van der Waals surface area contributed by atoms with Gasteiger partial charge in [0.25, 0.3) is 0 Å². The molecule has 2 rings (SSSR count). The summed E-state index contributed by atoms with van der Waals surface area (Å²) in [6.45, 7) is 2.74. The number of sulfonamides is 1. The molecule has 1 aliphatic heterocycles. The third kappa shape index (κ3) is 4.44. The van der Waals surface area contributed by atoms with Crippen LogP contribution in [0.3, 0.4) is 0 Å². The highest BCUT2D eigenvalue weighted by molar-refractivity contribution is 7.88. The number of benzene rings is 1. The standard InChI is InChI=1S/C15H21ClN2O3S/c1-11(12-3-5-14(16)6-4-12)17-15(19)13-7-9-18(10-8-13)22(2,20)21/h3-6,11,13H,7-10H2,1-2H3,(H,17,19)/t11-/m1/s1. The first-order chi connectivity index (χ1) is 10.3. The van der Waals surface area contributed by atoms with Crippen molar-refractivity contribution >= 4 is 27.5 Å². The van der Waals surface area contributed by atoms with Crippen LogP contribution in [0.5, 0.6) is 0 Å². The fourth-order valence-corrected chi connectivity index (χ4v) is 3.62. The summed E-state index contributed by atoms with van der Waals surface area (Å²) in [7, 11) is -3.16. The Labute approximate surface area is 136 Å². The Morgan fingerprint density at radius 1 is 1.27 bits per heavy atom. The number of carbonyl (C=O) groups excluding carboxylic acids is 1. The molecule has 22 heavy (non-hydrogen) atoms. The summed E-state index contributed by atoms with van der Waals surface area (Å²) >= 11 is 5.85. The maximum atomic E-state index is 12.3. The molecule has 0 bridgehead atoms. The largest absolute Gasteiger partial charge is 0.349 e. The van der Waals surface area contributed by atoms with Crippen molar-refractivity contribution in [3.8, 4) is 0 Å². The number of nitrogens with zero attached hydrogens (tertiary/aromatic N) is 1. The van der Waals surface area contributed by atoms with Gasteiger partial charge in [0.2, 0.25) is 15.9 Å². The summed E-state index contributed by atoms with van der Waals surface area (Å²) in [5.74, 6) is -0.150. The van der Waals surface area contributed by atoms with E-state index < -0.39 is 10.0 Å². The summed E-state index contributed by atoms with van der Waals surface area (Å²) < 4.78 is 24.4. The van der Waals surface area contributed by atoms with Crippen molar-refractivity contribution in [3.63, 3.8) is 0 Å². The lowest BCUT2D eigenvalue weighted by Crippen LogP contribution is -2.43. The van der Waals surface area contributed by atoms with Crippen LogP contribution in [0.2, 0.25) is 5.02 Å². The molecule has 0 saturated carbocycles. The molecule has 0 aliphatic carbocycles. The minimum absolute atomic E-state index is 0.0180. The van der Waals surface area contributed by atoms with Gasteiger partial charge in [-0.25, -0.2) is 12.7 Å². The molecule has 1 saturated heterocycles. The van der Waals surface area contributed by atoms with E-state index in [-0.39, 0.29) is 17.9 Å². The minimum atomic E-state index is -3.16. The van der Waals surface area contributed by atoms with Crippen molar-refractivity contribution in [1.82, 2.24) is 9.62 Å². The van der Waals surface area contributed by atoms with E-state index in [1.807, 2.05) is 19.1 Å². The molecule has 0 unspecified atom stereocenters. The van der Waals surface area contributed by atoms with Crippen molar-refractivity contribution in [1.29, 1.82) is 0 Å². The molecule has 0 spiro atoms. The fourth-order valence-electron chi connectivity index (χ4n) is 2.62. The van der Waals surface area contributed by atoms with Crippen molar-refractivity contribution in [2.45, 2.75) is 25.8 Å². The van der Waals surface area contributed by atoms with Crippen molar-refractivity contribution in [2.75, 3.05) is 19.3 Å². The van der Waals surface area contributed by atoms with Gasteiger partial charge in [-0.2, -0.15) is 0 Å². The van der Waals surface area contributed by atoms with Crippen molar-refractivity contribution in [2.24, 2.45) is 5.92 Å². The predicted octanol–water partition coefficient (Wildman–Crippen LogP) is 2.19. The summed E-state index contributed by atoms with van der Waals surface area (Å²) in [6, 6.07) is 7.27. The number of amides is 1. The number of carbonyl (C=O) groups is 1. The zero-order valence-corrected chi connectivity index (χ0v) is 14.3. The third-order valence-electron chi connectivity index (χ3n) is 4.02. The first-order valence-corrected chi connectivity index (χ1v) is 9.51. The molecule has 1 aliphatic rings. The first kappa shape index (κ1) is 17.2. The van der Waals surface area contributed by atoms with Gasteiger partial charge in [0.15, 0.2) is 0 Å². The van der Waals surface area contributed by atoms with E-state index in [1.165, 1.54) is 10.6 Å². The molecule has 1 aromatic carbocycles. The van der Waals surface area contributed by atoms with Crippen LogP contribution < -0.4 is 5.32 Å². The van der Waals surface area contributed by atoms with Gasteiger partial charge in [0.05, 0.1) is 12.3 Å². The van der Waals surface area contributed by atoms with Crippen LogP contribution in [0.1, 0.15) is 31.4 Å². The number of hydrogen-bond donors (Lipinski definition) is 1. The average Bonchev–Trinajstić information content (AvgIpc) is 2.47. The molecule has 7 heteroatoms. The molecule has 0 radical (unpaired) electrons. The minimum Gasteiger partial charge on any atom is -0.349 e. The van der Waals surface area contributed by atoms with Crippen LogP contribution >= 0.6 is 11.6 Å². The van der Waals surface area contributed by atoms with Crippen LogP contribution in [-0.4, -0.2) is 38.0 Å². The molecule has 122 valence electrons. The number of rotatable bonds is 4. The third-order valence-corrected chi connectivity index (χ3v) is 5.58. The molecule has 1 amide bonds. The molecule has 5 nitrogen and oxygen atoms in total. The van der Waals surface area contributed by atoms with Gasteiger partial charge >= 0.3 is 0 Å². The molecular weight excluding hydrogens is 324 g/mol. The Morgan fingerprint density at radius 2 is 1.82 bits per heavy atom. The van der Waals surface area contributed by atoms with Gasteiger partial charge in [-0.3, -0.25) is 4.79 Å². The number of hydrogen-bond acceptors (Lipinski definition) is 3. The van der Waals surface area contributed by atoms with Crippen LogP contribution in [-0.2, 0) is 14.8 Å². The predicted molar refractivity (Wildman–Crippen MR) is 87.2 cm³/mol. The second-order valence-electron chi connectivity index (χ2n) is 5.72. The monoisotopic (exact) mass is 344 g/mol. The summed E-state index contributed by atoms with van der Waals surface area (Å²) in [4.78, 5) is 12.3.